The first-order valence-corrected chi connectivity index (χ1v) is 13.7. The zero-order valence-corrected chi connectivity index (χ0v) is 21.9. The largest absolute Gasteiger partial charge is 0.462 e. The minimum Gasteiger partial charge on any atom is -0.462 e. The molecule has 1 aliphatic rings. The van der Waals surface area contributed by atoms with Gasteiger partial charge in [0.25, 0.3) is 5.91 Å². The van der Waals surface area contributed by atoms with Crippen LogP contribution in [-0.2, 0) is 19.5 Å². The summed E-state index contributed by atoms with van der Waals surface area (Å²) in [6, 6.07) is 5.44. The molecule has 0 spiro atoms. The number of ether oxygens (including phenoxy) is 2. The van der Waals surface area contributed by atoms with Gasteiger partial charge >= 0.3 is 11.9 Å². The molecular formula is C24H30N2O7S2. The summed E-state index contributed by atoms with van der Waals surface area (Å²) in [5, 5.41) is 2.85. The van der Waals surface area contributed by atoms with E-state index in [-0.39, 0.29) is 38.6 Å². The van der Waals surface area contributed by atoms with Gasteiger partial charge in [0, 0.05) is 19.7 Å². The number of hydrogen-bond acceptors (Lipinski definition) is 8. The normalized spacial score (nSPS) is 14.5. The monoisotopic (exact) mass is 522 g/mol. The quantitative estimate of drug-likeness (QED) is 0.516. The van der Waals surface area contributed by atoms with Gasteiger partial charge in [0.05, 0.1) is 17.1 Å². The van der Waals surface area contributed by atoms with Crippen LogP contribution in [0.2, 0.25) is 0 Å². The lowest BCUT2D eigenvalue weighted by molar-refractivity contribution is 0.0216. The van der Waals surface area contributed by atoms with E-state index in [2.05, 4.69) is 5.32 Å². The topological polar surface area (TPSA) is 119 Å². The Balaban J connectivity index is 1.87. The Morgan fingerprint density at radius 3 is 2.26 bits per heavy atom. The molecule has 2 aromatic rings. The molecule has 1 fully saturated rings. The lowest BCUT2D eigenvalue weighted by atomic mass is 9.98. The molecule has 0 aliphatic heterocycles. The van der Waals surface area contributed by atoms with Crippen molar-refractivity contribution in [2.75, 3.05) is 26.0 Å². The highest BCUT2D eigenvalue weighted by Crippen LogP contribution is 2.35. The van der Waals surface area contributed by atoms with Gasteiger partial charge in [-0.2, -0.15) is 0 Å². The minimum atomic E-state index is -3.64. The molecule has 1 aliphatic carbocycles. The van der Waals surface area contributed by atoms with Gasteiger partial charge in [-0.05, 0) is 69.4 Å². The Morgan fingerprint density at radius 2 is 1.69 bits per heavy atom. The maximum absolute atomic E-state index is 12.9. The molecule has 1 saturated carbocycles. The first-order valence-electron chi connectivity index (χ1n) is 11.4. The molecule has 0 radical (unpaired) electrons. The Bertz CT molecular complexity index is 1200. The van der Waals surface area contributed by atoms with Crippen molar-refractivity contribution in [2.24, 2.45) is 0 Å². The van der Waals surface area contributed by atoms with Gasteiger partial charge in [-0.3, -0.25) is 4.79 Å². The highest BCUT2D eigenvalue weighted by atomic mass is 32.2. The van der Waals surface area contributed by atoms with Crippen LogP contribution in [0.3, 0.4) is 0 Å². The molecule has 1 amide bonds. The Hall–Kier alpha value is -2.76. The second kappa shape index (κ2) is 11.3. The van der Waals surface area contributed by atoms with Crippen LogP contribution in [0.4, 0.5) is 5.00 Å². The first kappa shape index (κ1) is 26.8. The number of esters is 2. The van der Waals surface area contributed by atoms with E-state index in [0.29, 0.717) is 5.56 Å². The molecule has 1 heterocycles. The molecule has 11 heteroatoms. The zero-order valence-electron chi connectivity index (χ0n) is 20.3. The number of nitrogens with zero attached hydrogens (tertiary/aromatic N) is 1. The van der Waals surface area contributed by atoms with Crippen LogP contribution in [-0.4, -0.2) is 57.4 Å². The van der Waals surface area contributed by atoms with Crippen molar-refractivity contribution in [1.82, 2.24) is 4.31 Å². The number of nitrogens with one attached hydrogen (secondary N) is 1. The molecule has 0 saturated heterocycles. The molecule has 9 nitrogen and oxygen atoms in total. The van der Waals surface area contributed by atoms with Gasteiger partial charge in [0.15, 0.2) is 0 Å². The van der Waals surface area contributed by atoms with Gasteiger partial charge in [0.2, 0.25) is 10.0 Å². The lowest BCUT2D eigenvalue weighted by Crippen LogP contribution is -2.22. The van der Waals surface area contributed by atoms with Crippen molar-refractivity contribution in [3.63, 3.8) is 0 Å². The number of carbonyl (C=O) groups excluding carboxylic acids is 3. The number of benzene rings is 1. The number of carbonyl (C=O) groups is 3. The molecule has 35 heavy (non-hydrogen) atoms. The lowest BCUT2D eigenvalue weighted by Gasteiger charge is -2.21. The molecule has 190 valence electrons. The highest BCUT2D eigenvalue weighted by molar-refractivity contribution is 7.89. The molecule has 0 unspecified atom stereocenters. The Labute approximate surface area is 209 Å². The molecular weight excluding hydrogens is 492 g/mol. The van der Waals surface area contributed by atoms with Crippen molar-refractivity contribution in [1.29, 1.82) is 0 Å². The van der Waals surface area contributed by atoms with Crippen molar-refractivity contribution in [3.8, 4) is 0 Å². The van der Waals surface area contributed by atoms with Crippen LogP contribution >= 0.6 is 11.3 Å². The fraction of sp³-hybridized carbons (Fsp3) is 0.458. The van der Waals surface area contributed by atoms with E-state index in [0.717, 1.165) is 47.7 Å². The summed E-state index contributed by atoms with van der Waals surface area (Å²) in [5.74, 6) is -1.73. The van der Waals surface area contributed by atoms with E-state index in [4.69, 9.17) is 9.47 Å². The summed E-state index contributed by atoms with van der Waals surface area (Å²) in [5.41, 5.74) is 0.680. The fourth-order valence-electron chi connectivity index (χ4n) is 3.80. The van der Waals surface area contributed by atoms with Crippen molar-refractivity contribution in [2.45, 2.75) is 57.0 Å². The highest BCUT2D eigenvalue weighted by Gasteiger charge is 2.29. The molecule has 1 aromatic heterocycles. The van der Waals surface area contributed by atoms with E-state index < -0.39 is 27.9 Å². The second-order valence-corrected chi connectivity index (χ2v) is 11.6. The average Bonchev–Trinajstić information content (AvgIpc) is 3.15. The Morgan fingerprint density at radius 1 is 1.06 bits per heavy atom. The predicted molar refractivity (Wildman–Crippen MR) is 133 cm³/mol. The number of rotatable bonds is 8. The van der Waals surface area contributed by atoms with Crippen LogP contribution in [0.25, 0.3) is 0 Å². The minimum absolute atomic E-state index is 0.0472. The third kappa shape index (κ3) is 6.09. The van der Waals surface area contributed by atoms with Crippen molar-refractivity contribution in [3.05, 3.63) is 45.8 Å². The number of thiophene rings is 1. The van der Waals surface area contributed by atoms with E-state index in [1.807, 2.05) is 0 Å². The SMILES string of the molecule is CCOC(=O)c1c(NC(=O)c2ccc(S(=O)(=O)N(C)C)cc2)sc(C(=O)OC2CCCCC2)c1C. The summed E-state index contributed by atoms with van der Waals surface area (Å²) in [6.07, 6.45) is 4.60. The van der Waals surface area contributed by atoms with Gasteiger partial charge in [-0.1, -0.05) is 6.42 Å². The van der Waals surface area contributed by atoms with Crippen molar-refractivity contribution < 1.29 is 32.3 Å². The van der Waals surface area contributed by atoms with Gasteiger partial charge < -0.3 is 14.8 Å². The van der Waals surface area contributed by atoms with Gasteiger partial charge in [0.1, 0.15) is 16.0 Å². The number of sulfonamides is 1. The first-order chi connectivity index (χ1) is 16.6. The molecule has 1 N–H and O–H groups in total. The van der Waals surface area contributed by atoms with Crippen LogP contribution in [0.1, 0.15) is 75.0 Å². The van der Waals surface area contributed by atoms with Crippen LogP contribution < -0.4 is 5.32 Å². The van der Waals surface area contributed by atoms with Crippen LogP contribution in [0.15, 0.2) is 29.2 Å². The standard InChI is InChI=1S/C24H30N2O7S2/c1-5-32-23(28)19-15(2)20(24(29)33-17-9-7-6-8-10-17)34-22(19)25-21(27)16-11-13-18(14-12-16)35(30,31)26(3)4/h11-14,17H,5-10H2,1-4H3,(H,25,27). The number of amides is 1. The third-order valence-corrected chi connectivity index (χ3v) is 8.78. The second-order valence-electron chi connectivity index (χ2n) is 8.41. The maximum Gasteiger partial charge on any atom is 0.348 e. The summed E-state index contributed by atoms with van der Waals surface area (Å²) < 4.78 is 36.4. The summed E-state index contributed by atoms with van der Waals surface area (Å²) >= 11 is 0.961. The van der Waals surface area contributed by atoms with E-state index in [9.17, 15) is 22.8 Å². The molecule has 3 rings (SSSR count). The molecule has 0 bridgehead atoms. The molecule has 0 atom stereocenters. The third-order valence-electron chi connectivity index (χ3n) is 5.76. The average molecular weight is 523 g/mol. The van der Waals surface area contributed by atoms with Gasteiger partial charge in [-0.25, -0.2) is 22.3 Å². The summed E-state index contributed by atoms with van der Waals surface area (Å²) in [7, 11) is -0.797. The van der Waals surface area contributed by atoms with Crippen molar-refractivity contribution >= 4 is 44.2 Å². The summed E-state index contributed by atoms with van der Waals surface area (Å²) in [4.78, 5) is 38.7. The maximum atomic E-state index is 12.9. The zero-order chi connectivity index (χ0) is 25.8. The van der Waals surface area contributed by atoms with E-state index in [1.165, 1.54) is 38.4 Å². The van der Waals surface area contributed by atoms with Crippen LogP contribution in [0, 0.1) is 6.92 Å². The van der Waals surface area contributed by atoms with E-state index in [1.54, 1.807) is 13.8 Å². The Kier molecular flexibility index (Phi) is 8.68. The van der Waals surface area contributed by atoms with Gasteiger partial charge in [-0.15, -0.1) is 11.3 Å². The molecule has 1 aromatic carbocycles. The number of hydrogen-bond donors (Lipinski definition) is 1. The summed E-state index contributed by atoms with van der Waals surface area (Å²) in [6.45, 7) is 3.42. The smallest absolute Gasteiger partial charge is 0.348 e. The van der Waals surface area contributed by atoms with E-state index >= 15 is 0 Å². The van der Waals surface area contributed by atoms with Crippen LogP contribution in [0.5, 0.6) is 0 Å². The fourth-order valence-corrected chi connectivity index (χ4v) is 5.77. The number of anilines is 1. The predicted octanol–water partition coefficient (Wildman–Crippen LogP) is 4.23.